The summed E-state index contributed by atoms with van der Waals surface area (Å²) in [5.74, 6) is 0.0901. The summed E-state index contributed by atoms with van der Waals surface area (Å²) in [5, 5.41) is 3.36. The second-order valence-electron chi connectivity index (χ2n) is 5.86. The maximum Gasteiger partial charge on any atom is 0.255 e. The summed E-state index contributed by atoms with van der Waals surface area (Å²) in [6.45, 7) is 6.82. The zero-order chi connectivity index (χ0) is 15.8. The Balaban J connectivity index is 2.75. The van der Waals surface area contributed by atoms with E-state index in [1.165, 1.54) is 5.56 Å². The zero-order valence-electron chi connectivity index (χ0n) is 14.1. The second kappa shape index (κ2) is 8.67. The van der Waals surface area contributed by atoms with Crippen molar-refractivity contribution in [2.24, 2.45) is 0 Å². The lowest BCUT2D eigenvalue weighted by Crippen LogP contribution is -2.30. The van der Waals surface area contributed by atoms with Crippen LogP contribution in [-0.4, -0.2) is 56.5 Å². The van der Waals surface area contributed by atoms with Gasteiger partial charge in [0.1, 0.15) is 0 Å². The Morgan fingerprint density at radius 2 is 1.90 bits per heavy atom. The van der Waals surface area contributed by atoms with Crippen LogP contribution in [0.2, 0.25) is 0 Å². The molecule has 0 radical (unpaired) electrons. The van der Waals surface area contributed by atoms with Crippen LogP contribution < -0.4 is 5.32 Å². The highest BCUT2D eigenvalue weighted by molar-refractivity contribution is 5.99. The van der Waals surface area contributed by atoms with Crippen LogP contribution in [0.1, 0.15) is 35.7 Å². The molecule has 1 amide bonds. The van der Waals surface area contributed by atoms with Crippen molar-refractivity contribution < 1.29 is 4.79 Å². The quantitative estimate of drug-likeness (QED) is 0.800. The average molecular weight is 291 g/mol. The first kappa shape index (κ1) is 17.5. The predicted molar refractivity (Wildman–Crippen MR) is 90.1 cm³/mol. The largest absolute Gasteiger partial charge is 0.384 e. The van der Waals surface area contributed by atoms with Gasteiger partial charge in [-0.2, -0.15) is 0 Å². The van der Waals surface area contributed by atoms with Gasteiger partial charge < -0.3 is 15.1 Å². The molecule has 0 bridgehead atoms. The van der Waals surface area contributed by atoms with Crippen LogP contribution in [-0.2, 0) is 0 Å². The van der Waals surface area contributed by atoms with Crippen LogP contribution in [0.25, 0.3) is 0 Å². The molecule has 0 aliphatic rings. The number of nitrogens with zero attached hydrogens (tertiary/aromatic N) is 2. The molecule has 1 rings (SSSR count). The number of nitrogens with one attached hydrogen (secondary N) is 1. The molecule has 1 N–H and O–H groups in total. The van der Waals surface area contributed by atoms with Crippen molar-refractivity contribution in [1.29, 1.82) is 0 Å². The third-order valence-electron chi connectivity index (χ3n) is 3.42. The van der Waals surface area contributed by atoms with Crippen LogP contribution in [0.3, 0.4) is 0 Å². The molecule has 0 aromatic heterocycles. The lowest BCUT2D eigenvalue weighted by molar-refractivity contribution is 0.0791. The number of carbonyl (C=O) groups excluding carboxylic acids is 1. The first-order valence-electron chi connectivity index (χ1n) is 7.70. The minimum absolute atomic E-state index is 0.0901. The van der Waals surface area contributed by atoms with E-state index < -0.39 is 0 Å². The van der Waals surface area contributed by atoms with Crippen molar-refractivity contribution in [2.75, 3.05) is 46.1 Å². The lowest BCUT2D eigenvalue weighted by Gasteiger charge is -2.21. The van der Waals surface area contributed by atoms with Crippen molar-refractivity contribution in [3.8, 4) is 0 Å². The highest BCUT2D eigenvalue weighted by atomic mass is 16.2. The molecule has 0 saturated heterocycles. The van der Waals surface area contributed by atoms with E-state index in [0.717, 1.165) is 43.7 Å². The van der Waals surface area contributed by atoms with Gasteiger partial charge in [0.25, 0.3) is 5.91 Å². The monoisotopic (exact) mass is 291 g/mol. The van der Waals surface area contributed by atoms with Gasteiger partial charge >= 0.3 is 0 Å². The third kappa shape index (κ3) is 5.76. The van der Waals surface area contributed by atoms with E-state index in [-0.39, 0.29) is 5.91 Å². The highest BCUT2D eigenvalue weighted by Gasteiger charge is 2.15. The summed E-state index contributed by atoms with van der Waals surface area (Å²) in [7, 11) is 5.98. The topological polar surface area (TPSA) is 35.6 Å². The summed E-state index contributed by atoms with van der Waals surface area (Å²) < 4.78 is 0. The molecule has 1 aromatic carbocycles. The van der Waals surface area contributed by atoms with Gasteiger partial charge in [-0.05, 0) is 58.1 Å². The smallest absolute Gasteiger partial charge is 0.255 e. The fraction of sp³-hybridized carbons (Fsp3) is 0.588. The number of benzene rings is 1. The lowest BCUT2D eigenvalue weighted by atomic mass is 10.1. The van der Waals surface area contributed by atoms with Crippen molar-refractivity contribution in [3.05, 3.63) is 29.3 Å². The molecule has 0 saturated carbocycles. The zero-order valence-corrected chi connectivity index (χ0v) is 14.1. The van der Waals surface area contributed by atoms with Gasteiger partial charge in [0.05, 0.1) is 5.56 Å². The Labute approximate surface area is 129 Å². The van der Waals surface area contributed by atoms with Gasteiger partial charge in [-0.15, -0.1) is 0 Å². The normalized spacial score (nSPS) is 10.8. The molecule has 0 unspecified atom stereocenters. The van der Waals surface area contributed by atoms with Crippen molar-refractivity contribution in [3.63, 3.8) is 0 Å². The average Bonchev–Trinajstić information content (AvgIpc) is 2.44. The number of rotatable bonds is 8. The minimum Gasteiger partial charge on any atom is -0.384 e. The van der Waals surface area contributed by atoms with Crippen LogP contribution in [0.15, 0.2) is 18.2 Å². The molecule has 21 heavy (non-hydrogen) atoms. The molecular weight excluding hydrogens is 262 g/mol. The maximum absolute atomic E-state index is 12.6. The summed E-state index contributed by atoms with van der Waals surface area (Å²) in [6.07, 6.45) is 2.03. The molecule has 0 aliphatic heterocycles. The fourth-order valence-electron chi connectivity index (χ4n) is 2.18. The molecule has 1 aromatic rings. The number of carbonyl (C=O) groups is 1. The van der Waals surface area contributed by atoms with Crippen molar-refractivity contribution in [2.45, 2.75) is 26.7 Å². The first-order valence-corrected chi connectivity index (χ1v) is 7.70. The Bertz CT molecular complexity index is 457. The standard InChI is InChI=1S/C17H29N3O/c1-6-10-18-16-13-14(2)8-9-15(16)17(21)20(5)12-7-11-19(3)4/h8-9,13,18H,6-7,10-12H2,1-5H3. The Hall–Kier alpha value is -1.55. The summed E-state index contributed by atoms with van der Waals surface area (Å²) >= 11 is 0. The van der Waals surface area contributed by atoms with Gasteiger partial charge in [0.15, 0.2) is 0 Å². The molecule has 118 valence electrons. The van der Waals surface area contributed by atoms with Crippen LogP contribution in [0.5, 0.6) is 0 Å². The molecule has 0 fully saturated rings. The molecule has 4 heteroatoms. The molecule has 0 heterocycles. The second-order valence-corrected chi connectivity index (χ2v) is 5.86. The van der Waals surface area contributed by atoms with E-state index in [1.807, 2.05) is 31.0 Å². The number of amides is 1. The third-order valence-corrected chi connectivity index (χ3v) is 3.42. The Morgan fingerprint density at radius 3 is 2.52 bits per heavy atom. The maximum atomic E-state index is 12.6. The fourth-order valence-corrected chi connectivity index (χ4v) is 2.18. The predicted octanol–water partition coefficient (Wildman–Crippen LogP) is 2.84. The van der Waals surface area contributed by atoms with Gasteiger partial charge in [-0.25, -0.2) is 0 Å². The Kier molecular flexibility index (Phi) is 7.23. The molecular formula is C17H29N3O. The SMILES string of the molecule is CCCNc1cc(C)ccc1C(=O)N(C)CCCN(C)C. The highest BCUT2D eigenvalue weighted by Crippen LogP contribution is 2.19. The summed E-state index contributed by atoms with van der Waals surface area (Å²) in [6, 6.07) is 5.98. The van der Waals surface area contributed by atoms with E-state index >= 15 is 0 Å². The van der Waals surface area contributed by atoms with E-state index in [1.54, 1.807) is 0 Å². The van der Waals surface area contributed by atoms with E-state index in [2.05, 4.69) is 37.3 Å². The summed E-state index contributed by atoms with van der Waals surface area (Å²) in [4.78, 5) is 16.5. The molecule has 4 nitrogen and oxygen atoms in total. The van der Waals surface area contributed by atoms with Crippen LogP contribution >= 0.6 is 0 Å². The molecule has 0 aliphatic carbocycles. The van der Waals surface area contributed by atoms with Crippen molar-refractivity contribution in [1.82, 2.24) is 9.80 Å². The number of hydrogen-bond donors (Lipinski definition) is 1. The van der Waals surface area contributed by atoms with E-state index in [9.17, 15) is 4.79 Å². The van der Waals surface area contributed by atoms with Crippen LogP contribution in [0, 0.1) is 6.92 Å². The Morgan fingerprint density at radius 1 is 1.19 bits per heavy atom. The first-order chi connectivity index (χ1) is 9.95. The minimum atomic E-state index is 0.0901. The van der Waals surface area contributed by atoms with Gasteiger partial charge in [0, 0.05) is 25.8 Å². The van der Waals surface area contributed by atoms with Crippen LogP contribution in [0.4, 0.5) is 5.69 Å². The van der Waals surface area contributed by atoms with Crippen molar-refractivity contribution >= 4 is 11.6 Å². The van der Waals surface area contributed by atoms with Gasteiger partial charge in [0.2, 0.25) is 0 Å². The summed E-state index contributed by atoms with van der Waals surface area (Å²) in [5.41, 5.74) is 2.88. The number of hydrogen-bond acceptors (Lipinski definition) is 3. The van der Waals surface area contributed by atoms with E-state index in [0.29, 0.717) is 0 Å². The van der Waals surface area contributed by atoms with Gasteiger partial charge in [-0.1, -0.05) is 13.0 Å². The molecule has 0 spiro atoms. The van der Waals surface area contributed by atoms with Gasteiger partial charge in [-0.3, -0.25) is 4.79 Å². The number of aryl methyl sites for hydroxylation is 1. The number of anilines is 1. The van der Waals surface area contributed by atoms with E-state index in [4.69, 9.17) is 0 Å². The molecule has 0 atom stereocenters.